The van der Waals surface area contributed by atoms with E-state index in [2.05, 4.69) is 5.32 Å². The van der Waals surface area contributed by atoms with Crippen LogP contribution in [0.5, 0.6) is 17.2 Å². The lowest BCUT2D eigenvalue weighted by Crippen LogP contribution is -2.46. The van der Waals surface area contributed by atoms with Gasteiger partial charge in [-0.3, -0.25) is 14.4 Å². The summed E-state index contributed by atoms with van der Waals surface area (Å²) in [6.45, 7) is 2.32. The van der Waals surface area contributed by atoms with Gasteiger partial charge in [0.05, 0.1) is 14.2 Å². The minimum atomic E-state index is -0.437. The van der Waals surface area contributed by atoms with Crippen molar-refractivity contribution in [1.82, 2.24) is 10.2 Å². The number of methoxy groups -OCH3 is 2. The lowest BCUT2D eigenvalue weighted by molar-refractivity contribution is -0.131. The first kappa shape index (κ1) is 22.1. The number of hydrogen-bond acceptors (Lipinski definition) is 6. The van der Waals surface area contributed by atoms with Crippen LogP contribution in [0, 0.1) is 0 Å². The summed E-state index contributed by atoms with van der Waals surface area (Å²) in [5.41, 5.74) is 0.813. The third kappa shape index (κ3) is 5.33. The summed E-state index contributed by atoms with van der Waals surface area (Å²) in [4.78, 5) is 38.5. The first-order valence-corrected chi connectivity index (χ1v) is 10.0. The van der Waals surface area contributed by atoms with Crippen LogP contribution in [0.2, 0.25) is 0 Å². The van der Waals surface area contributed by atoms with E-state index in [1.54, 1.807) is 47.4 Å². The van der Waals surface area contributed by atoms with E-state index >= 15 is 0 Å². The van der Waals surface area contributed by atoms with Gasteiger partial charge in [0.15, 0.2) is 0 Å². The Bertz CT molecular complexity index is 944. The second-order valence-electron chi connectivity index (χ2n) is 7.20. The molecule has 1 N–H and O–H groups in total. The molecule has 0 aromatic heterocycles. The Hall–Kier alpha value is -3.55. The van der Waals surface area contributed by atoms with Crippen LogP contribution in [0.3, 0.4) is 0 Å². The van der Waals surface area contributed by atoms with Crippen molar-refractivity contribution in [2.75, 3.05) is 27.3 Å². The molecule has 0 unspecified atom stereocenters. The van der Waals surface area contributed by atoms with Crippen LogP contribution in [0.4, 0.5) is 0 Å². The second-order valence-corrected chi connectivity index (χ2v) is 7.20. The summed E-state index contributed by atoms with van der Waals surface area (Å²) in [5.74, 6) is 0.381. The van der Waals surface area contributed by atoms with Gasteiger partial charge in [0.1, 0.15) is 22.8 Å². The molecular formula is C23H26N2O6. The van der Waals surface area contributed by atoms with E-state index in [0.29, 0.717) is 54.3 Å². The van der Waals surface area contributed by atoms with Gasteiger partial charge in [-0.2, -0.15) is 0 Å². The Kier molecular flexibility index (Phi) is 7.12. The van der Waals surface area contributed by atoms with Crippen molar-refractivity contribution in [2.24, 2.45) is 0 Å². The van der Waals surface area contributed by atoms with Gasteiger partial charge >= 0.3 is 5.97 Å². The number of ether oxygens (including phenoxy) is 3. The number of piperidine rings is 1. The van der Waals surface area contributed by atoms with Gasteiger partial charge in [-0.05, 0) is 43.2 Å². The number of nitrogens with one attached hydrogen (secondary N) is 1. The molecule has 1 aliphatic heterocycles. The highest BCUT2D eigenvalue weighted by molar-refractivity contribution is 6.00. The molecule has 8 heteroatoms. The van der Waals surface area contributed by atoms with Crippen LogP contribution in [0.25, 0.3) is 0 Å². The van der Waals surface area contributed by atoms with E-state index in [-0.39, 0.29) is 17.9 Å². The molecule has 2 aromatic carbocycles. The highest BCUT2D eigenvalue weighted by atomic mass is 16.5. The molecule has 0 aliphatic carbocycles. The molecule has 3 rings (SSSR count). The predicted molar refractivity (Wildman–Crippen MR) is 114 cm³/mol. The maximum absolute atomic E-state index is 12.8. The van der Waals surface area contributed by atoms with Gasteiger partial charge in [0.2, 0.25) is 0 Å². The molecule has 0 spiro atoms. The van der Waals surface area contributed by atoms with Crippen LogP contribution in [0.15, 0.2) is 42.5 Å². The average molecular weight is 426 g/mol. The fourth-order valence-electron chi connectivity index (χ4n) is 3.60. The highest BCUT2D eigenvalue weighted by Crippen LogP contribution is 2.28. The number of rotatable bonds is 6. The van der Waals surface area contributed by atoms with Crippen LogP contribution in [0.1, 0.15) is 40.5 Å². The molecule has 2 aromatic rings. The summed E-state index contributed by atoms with van der Waals surface area (Å²) in [6, 6.07) is 11.7. The zero-order valence-corrected chi connectivity index (χ0v) is 17.8. The predicted octanol–water partition coefficient (Wildman–Crippen LogP) is 2.66. The molecule has 0 bridgehead atoms. The number of carbonyl (C=O) groups is 3. The molecule has 0 radical (unpaired) electrons. The lowest BCUT2D eigenvalue weighted by atomic mass is 10.0. The van der Waals surface area contributed by atoms with Crippen LogP contribution >= 0.6 is 0 Å². The molecule has 2 amide bonds. The number of likely N-dealkylation sites (tertiary alicyclic amines) is 1. The number of benzene rings is 2. The molecule has 1 fully saturated rings. The summed E-state index contributed by atoms with van der Waals surface area (Å²) in [7, 11) is 3.01. The number of hydrogen-bond donors (Lipinski definition) is 1. The Morgan fingerprint density at radius 1 is 0.968 bits per heavy atom. The average Bonchev–Trinajstić information content (AvgIpc) is 2.78. The van der Waals surface area contributed by atoms with E-state index in [1.807, 2.05) is 0 Å². The number of nitrogens with zero attached hydrogens (tertiary/aromatic N) is 1. The molecule has 1 aliphatic rings. The Balaban J connectivity index is 1.61. The normalized spacial score (nSPS) is 14.0. The monoisotopic (exact) mass is 426 g/mol. The standard InChI is InChI=1S/C23H26N2O6/c1-15(26)31-18-7-4-6-16(14-18)23(28)25-12-10-17(11-13-25)24-22(27)21-19(29-2)8-5-9-20(21)30-3/h4-9,14,17H,10-13H2,1-3H3,(H,24,27). The molecule has 1 saturated heterocycles. The van der Waals surface area contributed by atoms with Crippen molar-refractivity contribution in [3.63, 3.8) is 0 Å². The minimum Gasteiger partial charge on any atom is -0.496 e. The number of esters is 1. The van der Waals surface area contributed by atoms with Gasteiger partial charge in [-0.1, -0.05) is 12.1 Å². The summed E-state index contributed by atoms with van der Waals surface area (Å²) in [6.07, 6.45) is 1.25. The van der Waals surface area contributed by atoms with Crippen LogP contribution in [-0.2, 0) is 4.79 Å². The third-order valence-corrected chi connectivity index (χ3v) is 5.11. The van der Waals surface area contributed by atoms with Crippen molar-refractivity contribution in [2.45, 2.75) is 25.8 Å². The Morgan fingerprint density at radius 3 is 2.16 bits per heavy atom. The number of carbonyl (C=O) groups excluding carboxylic acids is 3. The van der Waals surface area contributed by atoms with Crippen molar-refractivity contribution >= 4 is 17.8 Å². The first-order chi connectivity index (χ1) is 14.9. The molecule has 31 heavy (non-hydrogen) atoms. The van der Waals surface area contributed by atoms with E-state index in [9.17, 15) is 14.4 Å². The van der Waals surface area contributed by atoms with E-state index in [4.69, 9.17) is 14.2 Å². The summed E-state index contributed by atoms with van der Waals surface area (Å²) >= 11 is 0. The smallest absolute Gasteiger partial charge is 0.308 e. The third-order valence-electron chi connectivity index (χ3n) is 5.11. The largest absolute Gasteiger partial charge is 0.496 e. The van der Waals surface area contributed by atoms with E-state index in [1.165, 1.54) is 21.1 Å². The topological polar surface area (TPSA) is 94.2 Å². The minimum absolute atomic E-state index is 0.0708. The van der Waals surface area contributed by atoms with Crippen molar-refractivity contribution in [3.05, 3.63) is 53.6 Å². The molecular weight excluding hydrogens is 400 g/mol. The molecule has 0 saturated carbocycles. The van der Waals surface area contributed by atoms with E-state index < -0.39 is 5.97 Å². The van der Waals surface area contributed by atoms with Gasteiger partial charge in [0, 0.05) is 31.6 Å². The Labute approximate surface area is 181 Å². The summed E-state index contributed by atoms with van der Waals surface area (Å²) < 4.78 is 15.7. The summed E-state index contributed by atoms with van der Waals surface area (Å²) in [5, 5.41) is 3.02. The molecule has 1 heterocycles. The van der Waals surface area contributed by atoms with E-state index in [0.717, 1.165) is 0 Å². The lowest BCUT2D eigenvalue weighted by Gasteiger charge is -2.32. The maximum Gasteiger partial charge on any atom is 0.308 e. The fourth-order valence-corrected chi connectivity index (χ4v) is 3.60. The second kappa shape index (κ2) is 9.97. The van der Waals surface area contributed by atoms with Crippen molar-refractivity contribution < 1.29 is 28.6 Å². The molecule has 8 nitrogen and oxygen atoms in total. The van der Waals surface area contributed by atoms with Gasteiger partial charge in [0.25, 0.3) is 11.8 Å². The highest BCUT2D eigenvalue weighted by Gasteiger charge is 2.27. The first-order valence-electron chi connectivity index (χ1n) is 10.0. The van der Waals surface area contributed by atoms with Gasteiger partial charge < -0.3 is 24.4 Å². The maximum atomic E-state index is 12.8. The van der Waals surface area contributed by atoms with Gasteiger partial charge in [-0.25, -0.2) is 0 Å². The number of amides is 2. The zero-order chi connectivity index (χ0) is 22.4. The quantitative estimate of drug-likeness (QED) is 0.564. The van der Waals surface area contributed by atoms with Crippen LogP contribution < -0.4 is 19.5 Å². The molecule has 164 valence electrons. The Morgan fingerprint density at radius 2 is 1.58 bits per heavy atom. The zero-order valence-electron chi connectivity index (χ0n) is 17.8. The van der Waals surface area contributed by atoms with Crippen LogP contribution in [-0.4, -0.2) is 56.0 Å². The van der Waals surface area contributed by atoms with Gasteiger partial charge in [-0.15, -0.1) is 0 Å². The van der Waals surface area contributed by atoms with Crippen molar-refractivity contribution in [1.29, 1.82) is 0 Å². The SMILES string of the molecule is COc1cccc(OC)c1C(=O)NC1CCN(C(=O)c2cccc(OC(C)=O)c2)CC1. The molecule has 0 atom stereocenters. The van der Waals surface area contributed by atoms with Crippen molar-refractivity contribution in [3.8, 4) is 17.2 Å². The fraction of sp³-hybridized carbons (Fsp3) is 0.348.